The van der Waals surface area contributed by atoms with Crippen molar-refractivity contribution in [1.82, 2.24) is 29.6 Å². The van der Waals surface area contributed by atoms with Gasteiger partial charge in [-0.15, -0.1) is 0 Å². The van der Waals surface area contributed by atoms with Crippen molar-refractivity contribution in [3.63, 3.8) is 0 Å². The molecule has 0 radical (unpaired) electrons. The van der Waals surface area contributed by atoms with Crippen LogP contribution >= 0.6 is 11.6 Å². The van der Waals surface area contributed by atoms with Crippen LogP contribution in [0.4, 0.5) is 8.78 Å². The molecule has 5 aromatic rings. The van der Waals surface area contributed by atoms with E-state index in [2.05, 4.69) is 30.7 Å². The molecule has 0 unspecified atom stereocenters. The highest BCUT2D eigenvalue weighted by Gasteiger charge is 2.43. The van der Waals surface area contributed by atoms with Crippen molar-refractivity contribution in [1.29, 1.82) is 0 Å². The zero-order valence-corrected chi connectivity index (χ0v) is 26.3. The Morgan fingerprint density at radius 1 is 1.04 bits per heavy atom. The number of ether oxygens (including phenoxy) is 3. The summed E-state index contributed by atoms with van der Waals surface area (Å²) in [6, 6.07) is 14.0. The first-order valence-corrected chi connectivity index (χ1v) is 16.0. The molecule has 46 heavy (non-hydrogen) atoms. The van der Waals surface area contributed by atoms with Crippen LogP contribution in [-0.2, 0) is 23.6 Å². The van der Waals surface area contributed by atoms with Gasteiger partial charge in [0.1, 0.15) is 23.0 Å². The highest BCUT2D eigenvalue weighted by Crippen LogP contribution is 2.50. The summed E-state index contributed by atoms with van der Waals surface area (Å²) in [6.45, 7) is 7.12. The van der Waals surface area contributed by atoms with Gasteiger partial charge in [0.25, 0.3) is 5.79 Å². The number of H-pyrrole nitrogens is 1. The third-order valence-corrected chi connectivity index (χ3v) is 9.61. The fraction of sp³-hybridized carbons (Fsp3) is 0.382. The number of halogens is 3. The number of aromatic amines is 1. The van der Waals surface area contributed by atoms with Crippen LogP contribution in [0, 0.1) is 18.6 Å². The predicted octanol–water partition coefficient (Wildman–Crippen LogP) is 6.87. The molecule has 1 N–H and O–H groups in total. The van der Waals surface area contributed by atoms with Crippen LogP contribution < -0.4 is 9.47 Å². The first kappa shape index (κ1) is 29.3. The summed E-state index contributed by atoms with van der Waals surface area (Å²) in [6.07, 6.45) is 2.84. The lowest BCUT2D eigenvalue weighted by Gasteiger charge is -2.33. The average Bonchev–Trinajstić information content (AvgIpc) is 3.70. The molecule has 3 aliphatic heterocycles. The molecule has 0 saturated carbocycles. The third kappa shape index (κ3) is 5.10. The molecule has 0 amide bonds. The topological polar surface area (TPSA) is 90.3 Å². The minimum Gasteiger partial charge on any atom is -0.444 e. The van der Waals surface area contributed by atoms with Gasteiger partial charge in [0.15, 0.2) is 23.1 Å². The summed E-state index contributed by atoms with van der Waals surface area (Å²) in [5, 5.41) is 7.26. The molecule has 0 spiro atoms. The van der Waals surface area contributed by atoms with Crippen LogP contribution in [0.3, 0.4) is 0 Å². The van der Waals surface area contributed by atoms with E-state index in [-0.39, 0.29) is 12.0 Å². The van der Waals surface area contributed by atoms with E-state index in [0.717, 1.165) is 55.9 Å². The smallest absolute Gasteiger partial charge is 0.278 e. The Morgan fingerprint density at radius 2 is 1.87 bits per heavy atom. The second-order valence-corrected chi connectivity index (χ2v) is 12.9. The number of hydrogen-bond acceptors (Lipinski definition) is 7. The zero-order valence-electron chi connectivity index (χ0n) is 25.5. The fourth-order valence-corrected chi connectivity index (χ4v) is 7.00. The molecule has 5 heterocycles. The van der Waals surface area contributed by atoms with Gasteiger partial charge in [-0.25, -0.2) is 18.7 Å². The summed E-state index contributed by atoms with van der Waals surface area (Å²) >= 11 is 5.99. The number of piperidine rings is 1. The van der Waals surface area contributed by atoms with E-state index < -0.39 is 17.4 Å². The summed E-state index contributed by atoms with van der Waals surface area (Å²) in [5.41, 5.74) is 2.74. The average molecular weight is 647 g/mol. The van der Waals surface area contributed by atoms with Crippen LogP contribution in [0.15, 0.2) is 48.5 Å². The number of hydrogen-bond donors (Lipinski definition) is 1. The molecular formula is C34H33ClF2N6O3. The van der Waals surface area contributed by atoms with Gasteiger partial charge in [0.2, 0.25) is 0 Å². The van der Waals surface area contributed by atoms with Crippen LogP contribution in [0.25, 0.3) is 22.4 Å². The Morgan fingerprint density at radius 3 is 2.59 bits per heavy atom. The number of aromatic nitrogens is 5. The largest absolute Gasteiger partial charge is 0.444 e. The van der Waals surface area contributed by atoms with E-state index in [1.54, 1.807) is 32.0 Å². The van der Waals surface area contributed by atoms with E-state index in [4.69, 9.17) is 30.8 Å². The standard InChI is InChI=1S/C34H33ClF2N6O3/c1-19-38-33(41-40-19)24-7-9-27-31(30(24)37)39-29(43(27)17-22-12-15-44-22)18-42-13-10-20(11-14-42)23-4-3-5-28-32(23)46-34(2,45-28)25-8-6-21(35)16-26(25)36/h3-9,16,20,22H,10-15,17-18H2,1-2H3,(H,38,40,41)/t22-,34-/m0/s1. The molecule has 2 aromatic heterocycles. The number of nitrogens with one attached hydrogen (secondary N) is 1. The van der Waals surface area contributed by atoms with E-state index >= 15 is 4.39 Å². The van der Waals surface area contributed by atoms with E-state index in [1.165, 1.54) is 6.07 Å². The summed E-state index contributed by atoms with van der Waals surface area (Å²) in [7, 11) is 0. The molecule has 3 aromatic carbocycles. The molecule has 9 nitrogen and oxygen atoms in total. The lowest BCUT2D eigenvalue weighted by Crippen LogP contribution is -2.35. The third-order valence-electron chi connectivity index (χ3n) is 9.38. The van der Waals surface area contributed by atoms with Crippen molar-refractivity contribution in [3.05, 3.63) is 88.0 Å². The van der Waals surface area contributed by atoms with Crippen LogP contribution in [0.1, 0.15) is 54.9 Å². The van der Waals surface area contributed by atoms with Gasteiger partial charge in [-0.05, 0) is 81.6 Å². The van der Waals surface area contributed by atoms with Crippen molar-refractivity contribution in [2.75, 3.05) is 19.7 Å². The SMILES string of the molecule is Cc1nc(-c2ccc3c(nc(CN4CCC(c5cccc6c5O[C@@](C)(c5ccc(Cl)cc5F)O6)CC4)n3C[C@@H]3CCO3)c2F)n[nH]1. The molecule has 2 atom stereocenters. The number of fused-ring (bicyclic) bond motifs is 2. The van der Waals surface area contributed by atoms with Gasteiger partial charge in [-0.2, -0.15) is 5.10 Å². The number of benzene rings is 3. The normalized spacial score (nSPS) is 21.6. The van der Waals surface area contributed by atoms with Gasteiger partial charge in [0, 0.05) is 24.1 Å². The number of imidazole rings is 1. The van der Waals surface area contributed by atoms with Gasteiger partial charge in [0.05, 0.1) is 35.8 Å². The van der Waals surface area contributed by atoms with E-state index in [1.807, 2.05) is 18.2 Å². The first-order valence-electron chi connectivity index (χ1n) is 15.6. The van der Waals surface area contributed by atoms with Crippen LogP contribution in [-0.4, -0.2) is 55.4 Å². The maximum atomic E-state index is 15.9. The van der Waals surface area contributed by atoms with E-state index in [9.17, 15) is 4.39 Å². The Bertz CT molecular complexity index is 1950. The number of likely N-dealkylation sites (tertiary alicyclic amines) is 1. The fourth-order valence-electron chi connectivity index (χ4n) is 6.84. The van der Waals surface area contributed by atoms with Gasteiger partial charge >= 0.3 is 0 Å². The Hall–Kier alpha value is -4.06. The molecule has 0 aliphatic carbocycles. The number of rotatable bonds is 7. The lowest BCUT2D eigenvalue weighted by molar-refractivity contribution is -0.0712. The second-order valence-electron chi connectivity index (χ2n) is 12.5. The predicted molar refractivity (Wildman–Crippen MR) is 168 cm³/mol. The van der Waals surface area contributed by atoms with Crippen molar-refractivity contribution in [2.45, 2.75) is 64.0 Å². The molecule has 2 saturated heterocycles. The van der Waals surface area contributed by atoms with Crippen molar-refractivity contribution in [3.8, 4) is 22.9 Å². The highest BCUT2D eigenvalue weighted by molar-refractivity contribution is 6.30. The Balaban J connectivity index is 1.02. The van der Waals surface area contributed by atoms with Gasteiger partial charge in [-0.1, -0.05) is 23.7 Å². The second kappa shape index (κ2) is 11.3. The molecule has 238 valence electrons. The maximum Gasteiger partial charge on any atom is 0.278 e. The molecule has 12 heteroatoms. The quantitative estimate of drug-likeness (QED) is 0.206. The maximum absolute atomic E-state index is 15.9. The van der Waals surface area contributed by atoms with Crippen LogP contribution in [0.2, 0.25) is 5.02 Å². The molecule has 2 fully saturated rings. The first-order chi connectivity index (χ1) is 22.3. The minimum atomic E-state index is -1.29. The molecule has 8 rings (SSSR count). The number of para-hydroxylation sites is 1. The number of aryl methyl sites for hydroxylation is 1. The van der Waals surface area contributed by atoms with E-state index in [0.29, 0.717) is 57.9 Å². The monoisotopic (exact) mass is 646 g/mol. The van der Waals surface area contributed by atoms with Crippen molar-refractivity contribution < 1.29 is 23.0 Å². The highest BCUT2D eigenvalue weighted by atomic mass is 35.5. The lowest BCUT2D eigenvalue weighted by atomic mass is 9.88. The summed E-state index contributed by atoms with van der Waals surface area (Å²) < 4.78 is 51.1. The van der Waals surface area contributed by atoms with Crippen LogP contribution in [0.5, 0.6) is 11.5 Å². The summed E-state index contributed by atoms with van der Waals surface area (Å²) in [4.78, 5) is 11.5. The Labute approximate surface area is 269 Å². The van der Waals surface area contributed by atoms with Crippen molar-refractivity contribution >= 4 is 22.6 Å². The molecule has 3 aliphatic rings. The molecular weight excluding hydrogens is 614 g/mol. The minimum absolute atomic E-state index is 0.0923. The van der Waals surface area contributed by atoms with Gasteiger partial charge in [-0.3, -0.25) is 10.00 Å². The van der Waals surface area contributed by atoms with Gasteiger partial charge < -0.3 is 18.8 Å². The van der Waals surface area contributed by atoms with Crippen molar-refractivity contribution in [2.24, 2.45) is 0 Å². The summed E-state index contributed by atoms with van der Waals surface area (Å²) in [5.74, 6) is 1.06. The zero-order chi connectivity index (χ0) is 31.6. The molecule has 0 bridgehead atoms. The Kier molecular flexibility index (Phi) is 7.23. The number of nitrogens with zero attached hydrogens (tertiary/aromatic N) is 5.